The van der Waals surface area contributed by atoms with Crippen molar-refractivity contribution in [3.8, 4) is 5.75 Å². The summed E-state index contributed by atoms with van der Waals surface area (Å²) in [6.07, 6.45) is 1.04. The summed E-state index contributed by atoms with van der Waals surface area (Å²) in [6.45, 7) is 1.01. The minimum Gasteiger partial charge on any atom is -0.508 e. The Kier molecular flexibility index (Phi) is 3.24. The molecule has 4 rings (SSSR count). The Labute approximate surface area is 137 Å². The lowest BCUT2D eigenvalue weighted by atomic mass is 9.93. The highest BCUT2D eigenvalue weighted by molar-refractivity contribution is 9.10. The molecule has 0 radical (unpaired) electrons. The van der Waals surface area contributed by atoms with Crippen molar-refractivity contribution in [1.29, 1.82) is 0 Å². The van der Waals surface area contributed by atoms with E-state index in [4.69, 9.17) is 0 Å². The lowest BCUT2D eigenvalue weighted by Gasteiger charge is -2.33. The molecule has 22 heavy (non-hydrogen) atoms. The number of hydrogen-bond donors (Lipinski definition) is 2. The molecule has 0 saturated carbocycles. The first-order chi connectivity index (χ1) is 10.6. The zero-order chi connectivity index (χ0) is 15.3. The molecule has 1 aliphatic heterocycles. The van der Waals surface area contributed by atoms with Gasteiger partial charge in [-0.3, -0.25) is 4.90 Å². The van der Waals surface area contributed by atoms with Gasteiger partial charge >= 0.3 is 0 Å². The monoisotopic (exact) mass is 356 g/mol. The molecule has 0 spiro atoms. The van der Waals surface area contributed by atoms with Crippen LogP contribution in [0.25, 0.3) is 10.9 Å². The first-order valence-corrected chi connectivity index (χ1v) is 8.22. The van der Waals surface area contributed by atoms with E-state index in [1.807, 2.05) is 12.1 Å². The average molecular weight is 357 g/mol. The summed E-state index contributed by atoms with van der Waals surface area (Å²) >= 11 is 3.57. The normalized spacial score (nSPS) is 18.5. The minimum atomic E-state index is 0.155. The van der Waals surface area contributed by atoms with Gasteiger partial charge in [-0.2, -0.15) is 0 Å². The van der Waals surface area contributed by atoms with Crippen molar-refractivity contribution in [2.75, 3.05) is 13.6 Å². The second kappa shape index (κ2) is 5.14. The SMILES string of the molecule is CN1CCc2c([nH]c3ccc(Br)cc23)C1c1cccc(O)c1. The fourth-order valence-corrected chi connectivity index (χ4v) is 3.86. The number of aromatic amines is 1. The van der Waals surface area contributed by atoms with Crippen LogP contribution in [0.2, 0.25) is 0 Å². The van der Waals surface area contributed by atoms with Gasteiger partial charge in [0, 0.05) is 27.6 Å². The van der Waals surface area contributed by atoms with E-state index in [1.54, 1.807) is 6.07 Å². The number of likely N-dealkylation sites (N-methyl/N-ethyl adjacent to an activating group) is 1. The van der Waals surface area contributed by atoms with Crippen molar-refractivity contribution in [2.45, 2.75) is 12.5 Å². The third kappa shape index (κ3) is 2.14. The molecule has 2 N–H and O–H groups in total. The van der Waals surface area contributed by atoms with Gasteiger partial charge in [-0.25, -0.2) is 0 Å². The zero-order valence-electron chi connectivity index (χ0n) is 12.3. The number of fused-ring (bicyclic) bond motifs is 3. The number of hydrogen-bond acceptors (Lipinski definition) is 2. The van der Waals surface area contributed by atoms with Gasteiger partial charge in [0.25, 0.3) is 0 Å². The van der Waals surface area contributed by atoms with Gasteiger partial charge in [0.05, 0.1) is 6.04 Å². The van der Waals surface area contributed by atoms with E-state index < -0.39 is 0 Å². The van der Waals surface area contributed by atoms with Gasteiger partial charge in [-0.05, 0) is 54.9 Å². The molecule has 0 aliphatic carbocycles. The Morgan fingerprint density at radius 1 is 1.23 bits per heavy atom. The maximum absolute atomic E-state index is 9.82. The topological polar surface area (TPSA) is 39.3 Å². The molecule has 4 heteroatoms. The number of benzene rings is 2. The molecule has 0 bridgehead atoms. The smallest absolute Gasteiger partial charge is 0.115 e. The van der Waals surface area contributed by atoms with E-state index in [2.05, 4.69) is 57.1 Å². The standard InChI is InChI=1S/C18H17BrN2O/c1-21-8-7-14-15-10-12(19)5-6-16(15)20-17(14)18(21)11-3-2-4-13(22)9-11/h2-6,9-10,18,20,22H,7-8H2,1H3. The van der Waals surface area contributed by atoms with Gasteiger partial charge < -0.3 is 10.1 Å². The second-order valence-electron chi connectivity index (χ2n) is 5.94. The molecule has 0 amide bonds. The molecule has 0 fully saturated rings. The Balaban J connectivity index is 1.93. The van der Waals surface area contributed by atoms with E-state index in [0.29, 0.717) is 5.75 Å². The van der Waals surface area contributed by atoms with Gasteiger partial charge in [0.15, 0.2) is 0 Å². The lowest BCUT2D eigenvalue weighted by Crippen LogP contribution is -2.32. The predicted molar refractivity (Wildman–Crippen MR) is 92.3 cm³/mol. The molecule has 1 aromatic heterocycles. The fourth-order valence-electron chi connectivity index (χ4n) is 3.50. The molecule has 3 nitrogen and oxygen atoms in total. The van der Waals surface area contributed by atoms with E-state index in [9.17, 15) is 5.11 Å². The lowest BCUT2D eigenvalue weighted by molar-refractivity contribution is 0.261. The number of halogens is 1. The van der Waals surface area contributed by atoms with Crippen LogP contribution in [-0.2, 0) is 6.42 Å². The van der Waals surface area contributed by atoms with Gasteiger partial charge in [0.1, 0.15) is 5.75 Å². The van der Waals surface area contributed by atoms with Crippen LogP contribution in [-0.4, -0.2) is 28.6 Å². The Morgan fingerprint density at radius 2 is 2.09 bits per heavy atom. The van der Waals surface area contributed by atoms with Gasteiger partial charge in [-0.15, -0.1) is 0 Å². The highest BCUT2D eigenvalue weighted by Crippen LogP contribution is 2.38. The average Bonchev–Trinajstić information content (AvgIpc) is 2.84. The van der Waals surface area contributed by atoms with Crippen molar-refractivity contribution in [2.24, 2.45) is 0 Å². The number of aromatic hydroxyl groups is 1. The number of nitrogens with zero attached hydrogens (tertiary/aromatic N) is 1. The number of H-pyrrole nitrogens is 1. The van der Waals surface area contributed by atoms with Crippen molar-refractivity contribution in [3.63, 3.8) is 0 Å². The number of phenols is 1. The summed E-state index contributed by atoms with van der Waals surface area (Å²) in [7, 11) is 2.14. The van der Waals surface area contributed by atoms with Crippen LogP contribution in [0.1, 0.15) is 22.9 Å². The first-order valence-electron chi connectivity index (χ1n) is 7.42. The molecule has 1 atom stereocenters. The third-order valence-electron chi connectivity index (χ3n) is 4.52. The van der Waals surface area contributed by atoms with Gasteiger partial charge in [0.2, 0.25) is 0 Å². The van der Waals surface area contributed by atoms with E-state index in [0.717, 1.165) is 23.0 Å². The molecular formula is C18H17BrN2O. The van der Waals surface area contributed by atoms with Crippen molar-refractivity contribution in [3.05, 3.63) is 63.8 Å². The molecule has 2 heterocycles. The predicted octanol–water partition coefficient (Wildman–Crippen LogP) is 4.21. The molecule has 112 valence electrons. The van der Waals surface area contributed by atoms with Crippen LogP contribution in [0.3, 0.4) is 0 Å². The molecule has 3 aromatic rings. The van der Waals surface area contributed by atoms with E-state index >= 15 is 0 Å². The third-order valence-corrected chi connectivity index (χ3v) is 5.01. The Morgan fingerprint density at radius 3 is 2.91 bits per heavy atom. The second-order valence-corrected chi connectivity index (χ2v) is 6.85. The zero-order valence-corrected chi connectivity index (χ0v) is 13.9. The van der Waals surface area contributed by atoms with Crippen LogP contribution in [0.5, 0.6) is 5.75 Å². The largest absolute Gasteiger partial charge is 0.508 e. The number of nitrogens with one attached hydrogen (secondary N) is 1. The van der Waals surface area contributed by atoms with Crippen LogP contribution in [0, 0.1) is 0 Å². The first kappa shape index (κ1) is 13.9. The summed E-state index contributed by atoms with van der Waals surface area (Å²) in [4.78, 5) is 5.93. The summed E-state index contributed by atoms with van der Waals surface area (Å²) in [5.74, 6) is 0.317. The summed E-state index contributed by atoms with van der Waals surface area (Å²) in [5, 5.41) is 11.1. The number of phenolic OH excluding ortho intramolecular Hbond substituents is 1. The highest BCUT2D eigenvalue weighted by atomic mass is 79.9. The fraction of sp³-hybridized carbons (Fsp3) is 0.222. The molecular weight excluding hydrogens is 340 g/mol. The number of rotatable bonds is 1. The highest BCUT2D eigenvalue weighted by Gasteiger charge is 2.29. The van der Waals surface area contributed by atoms with Crippen molar-refractivity contribution >= 4 is 26.8 Å². The van der Waals surface area contributed by atoms with Crippen LogP contribution >= 0.6 is 15.9 Å². The Hall–Kier alpha value is -1.78. The van der Waals surface area contributed by atoms with Crippen LogP contribution in [0.4, 0.5) is 0 Å². The maximum Gasteiger partial charge on any atom is 0.115 e. The molecule has 1 aliphatic rings. The summed E-state index contributed by atoms with van der Waals surface area (Å²) in [6, 6.07) is 14.1. The summed E-state index contributed by atoms with van der Waals surface area (Å²) in [5.41, 5.74) is 4.93. The van der Waals surface area contributed by atoms with Crippen molar-refractivity contribution < 1.29 is 5.11 Å². The molecule has 2 aromatic carbocycles. The Bertz CT molecular complexity index is 855. The number of aromatic nitrogens is 1. The maximum atomic E-state index is 9.82. The quantitative estimate of drug-likeness (QED) is 0.685. The van der Waals surface area contributed by atoms with E-state index in [1.165, 1.54) is 22.2 Å². The molecule has 1 unspecified atom stereocenters. The van der Waals surface area contributed by atoms with Gasteiger partial charge in [-0.1, -0.05) is 28.1 Å². The van der Waals surface area contributed by atoms with Crippen LogP contribution < -0.4 is 0 Å². The molecule has 0 saturated heterocycles. The summed E-state index contributed by atoms with van der Waals surface area (Å²) < 4.78 is 1.11. The minimum absolute atomic E-state index is 0.155. The van der Waals surface area contributed by atoms with Crippen molar-refractivity contribution in [1.82, 2.24) is 9.88 Å². The van der Waals surface area contributed by atoms with E-state index in [-0.39, 0.29) is 6.04 Å². The van der Waals surface area contributed by atoms with Crippen LogP contribution in [0.15, 0.2) is 46.9 Å².